The van der Waals surface area contributed by atoms with Gasteiger partial charge >= 0.3 is 0 Å². The van der Waals surface area contributed by atoms with Gasteiger partial charge in [0.05, 0.1) is 0 Å². The van der Waals surface area contributed by atoms with E-state index in [2.05, 4.69) is 41.1 Å². The highest BCUT2D eigenvalue weighted by molar-refractivity contribution is 5.48. The molecule has 0 amide bonds. The highest BCUT2D eigenvalue weighted by Crippen LogP contribution is 2.19. The molecule has 0 aliphatic carbocycles. The average molecular weight is 222 g/mol. The first-order valence-electron chi connectivity index (χ1n) is 5.90. The number of hydrogen-bond donors (Lipinski definition) is 1. The van der Waals surface area contributed by atoms with Crippen LogP contribution in [0.4, 0.5) is 11.8 Å². The van der Waals surface area contributed by atoms with Crippen molar-refractivity contribution in [3.8, 4) is 0 Å². The van der Waals surface area contributed by atoms with Crippen molar-refractivity contribution in [3.63, 3.8) is 0 Å². The lowest BCUT2D eigenvalue weighted by Crippen LogP contribution is -2.29. The summed E-state index contributed by atoms with van der Waals surface area (Å²) in [5.41, 5.74) is 1.12. The van der Waals surface area contributed by atoms with E-state index in [1.54, 1.807) is 0 Å². The first-order valence-corrected chi connectivity index (χ1v) is 5.90. The van der Waals surface area contributed by atoms with Crippen LogP contribution in [0.1, 0.15) is 32.8 Å². The quantitative estimate of drug-likeness (QED) is 0.831. The molecule has 1 heterocycles. The van der Waals surface area contributed by atoms with Gasteiger partial charge in [-0.15, -0.1) is 0 Å². The first kappa shape index (κ1) is 12.7. The van der Waals surface area contributed by atoms with Gasteiger partial charge in [0.2, 0.25) is 5.95 Å². The molecular formula is C12H22N4. The third kappa shape index (κ3) is 2.84. The normalized spacial score (nSPS) is 12.3. The van der Waals surface area contributed by atoms with Crippen LogP contribution in [-0.2, 0) is 0 Å². The molecule has 1 rings (SSSR count). The molecule has 16 heavy (non-hydrogen) atoms. The second-order valence-corrected chi connectivity index (χ2v) is 4.10. The molecule has 1 N–H and O–H groups in total. The Hall–Kier alpha value is -1.32. The molecule has 1 atom stereocenters. The molecule has 0 saturated carbocycles. The number of rotatable bonds is 5. The fourth-order valence-corrected chi connectivity index (χ4v) is 1.52. The molecule has 0 radical (unpaired) electrons. The highest BCUT2D eigenvalue weighted by Gasteiger charge is 2.12. The maximum atomic E-state index is 4.53. The Morgan fingerprint density at radius 3 is 2.69 bits per heavy atom. The maximum Gasteiger partial charge on any atom is 0.224 e. The van der Waals surface area contributed by atoms with Gasteiger partial charge in [-0.25, -0.2) is 4.98 Å². The zero-order valence-electron chi connectivity index (χ0n) is 10.9. The lowest BCUT2D eigenvalue weighted by atomic mass is 10.2. The van der Waals surface area contributed by atoms with E-state index in [0.29, 0.717) is 12.0 Å². The van der Waals surface area contributed by atoms with Gasteiger partial charge in [0.1, 0.15) is 5.82 Å². The van der Waals surface area contributed by atoms with Gasteiger partial charge < -0.3 is 10.2 Å². The molecule has 0 saturated heterocycles. The van der Waals surface area contributed by atoms with Gasteiger partial charge in [0.15, 0.2) is 0 Å². The fraction of sp³-hybridized carbons (Fsp3) is 0.667. The predicted molar refractivity (Wildman–Crippen MR) is 69.1 cm³/mol. The smallest absolute Gasteiger partial charge is 0.224 e. The molecule has 0 aliphatic rings. The summed E-state index contributed by atoms with van der Waals surface area (Å²) in [6.45, 7) is 9.32. The second kappa shape index (κ2) is 5.68. The number of nitrogens with zero attached hydrogens (tertiary/aromatic N) is 3. The lowest BCUT2D eigenvalue weighted by molar-refractivity contribution is 0.654. The zero-order valence-corrected chi connectivity index (χ0v) is 10.9. The number of aromatic nitrogens is 2. The summed E-state index contributed by atoms with van der Waals surface area (Å²) < 4.78 is 0. The SMILES string of the molecule is CCNc1ncc(C)c(N(C)C(C)CC)n1. The number of hydrogen-bond acceptors (Lipinski definition) is 4. The van der Waals surface area contributed by atoms with Crippen LogP contribution in [-0.4, -0.2) is 29.6 Å². The second-order valence-electron chi connectivity index (χ2n) is 4.10. The summed E-state index contributed by atoms with van der Waals surface area (Å²) in [4.78, 5) is 11.0. The van der Waals surface area contributed by atoms with E-state index in [-0.39, 0.29) is 0 Å². The summed E-state index contributed by atoms with van der Waals surface area (Å²) in [7, 11) is 2.08. The Balaban J connectivity index is 2.96. The molecule has 4 nitrogen and oxygen atoms in total. The Morgan fingerprint density at radius 1 is 1.44 bits per heavy atom. The topological polar surface area (TPSA) is 41.1 Å². The van der Waals surface area contributed by atoms with Gasteiger partial charge in [-0.1, -0.05) is 6.92 Å². The maximum absolute atomic E-state index is 4.53. The van der Waals surface area contributed by atoms with Crippen molar-refractivity contribution < 1.29 is 0 Å². The van der Waals surface area contributed by atoms with Gasteiger partial charge in [-0.2, -0.15) is 4.98 Å². The third-order valence-electron chi connectivity index (χ3n) is 2.87. The molecule has 4 heteroatoms. The highest BCUT2D eigenvalue weighted by atomic mass is 15.2. The minimum Gasteiger partial charge on any atom is -0.357 e. The Labute approximate surface area is 98.1 Å². The van der Waals surface area contributed by atoms with Crippen molar-refractivity contribution in [2.24, 2.45) is 0 Å². The number of anilines is 2. The molecule has 1 aromatic heterocycles. The molecule has 0 spiro atoms. The van der Waals surface area contributed by atoms with Crippen LogP contribution in [0.2, 0.25) is 0 Å². The van der Waals surface area contributed by atoms with Gasteiger partial charge in [-0.3, -0.25) is 0 Å². The molecule has 0 bridgehead atoms. The van der Waals surface area contributed by atoms with Gasteiger partial charge in [0.25, 0.3) is 0 Å². The molecular weight excluding hydrogens is 200 g/mol. The Morgan fingerprint density at radius 2 is 2.12 bits per heavy atom. The lowest BCUT2D eigenvalue weighted by Gasteiger charge is -2.26. The summed E-state index contributed by atoms with van der Waals surface area (Å²) in [6, 6.07) is 0.489. The zero-order chi connectivity index (χ0) is 12.1. The minimum atomic E-state index is 0.489. The molecule has 90 valence electrons. The van der Waals surface area contributed by atoms with E-state index in [9.17, 15) is 0 Å². The number of nitrogens with one attached hydrogen (secondary N) is 1. The minimum absolute atomic E-state index is 0.489. The molecule has 0 aromatic carbocycles. The van der Waals surface area contributed by atoms with E-state index < -0.39 is 0 Å². The van der Waals surface area contributed by atoms with Crippen LogP contribution in [0, 0.1) is 6.92 Å². The van der Waals surface area contributed by atoms with E-state index in [4.69, 9.17) is 0 Å². The van der Waals surface area contributed by atoms with Crippen molar-refractivity contribution in [2.45, 2.75) is 40.2 Å². The molecule has 0 aliphatic heterocycles. The molecule has 1 aromatic rings. The largest absolute Gasteiger partial charge is 0.357 e. The van der Waals surface area contributed by atoms with Crippen molar-refractivity contribution in [1.82, 2.24) is 9.97 Å². The molecule has 0 fully saturated rings. The van der Waals surface area contributed by atoms with Crippen LogP contribution >= 0.6 is 0 Å². The Bertz CT molecular complexity index is 338. The van der Waals surface area contributed by atoms with Crippen molar-refractivity contribution in [1.29, 1.82) is 0 Å². The van der Waals surface area contributed by atoms with Crippen LogP contribution in [0.15, 0.2) is 6.20 Å². The van der Waals surface area contributed by atoms with Crippen LogP contribution in [0.3, 0.4) is 0 Å². The standard InChI is InChI=1S/C12H22N4/c1-6-10(4)16(5)11-9(3)8-14-12(15-11)13-7-2/h8,10H,6-7H2,1-5H3,(H,13,14,15). The van der Waals surface area contributed by atoms with E-state index in [1.165, 1.54) is 0 Å². The fourth-order valence-electron chi connectivity index (χ4n) is 1.52. The van der Waals surface area contributed by atoms with Crippen molar-refractivity contribution >= 4 is 11.8 Å². The Kier molecular flexibility index (Phi) is 4.52. The van der Waals surface area contributed by atoms with Gasteiger partial charge in [-0.05, 0) is 27.2 Å². The first-order chi connectivity index (χ1) is 7.60. The van der Waals surface area contributed by atoms with E-state index in [1.807, 2.05) is 20.0 Å². The predicted octanol–water partition coefficient (Wildman–Crippen LogP) is 2.45. The van der Waals surface area contributed by atoms with E-state index in [0.717, 1.165) is 24.3 Å². The van der Waals surface area contributed by atoms with Crippen molar-refractivity contribution in [2.75, 3.05) is 23.8 Å². The van der Waals surface area contributed by atoms with Crippen LogP contribution in [0.5, 0.6) is 0 Å². The summed E-state index contributed by atoms with van der Waals surface area (Å²) in [6.07, 6.45) is 2.98. The third-order valence-corrected chi connectivity index (χ3v) is 2.87. The van der Waals surface area contributed by atoms with E-state index >= 15 is 0 Å². The van der Waals surface area contributed by atoms with Crippen LogP contribution < -0.4 is 10.2 Å². The number of aryl methyl sites for hydroxylation is 1. The average Bonchev–Trinajstić information content (AvgIpc) is 2.30. The summed E-state index contributed by atoms with van der Waals surface area (Å²) >= 11 is 0. The summed E-state index contributed by atoms with van der Waals surface area (Å²) in [5.74, 6) is 1.72. The summed E-state index contributed by atoms with van der Waals surface area (Å²) in [5, 5.41) is 3.14. The van der Waals surface area contributed by atoms with Crippen molar-refractivity contribution in [3.05, 3.63) is 11.8 Å². The van der Waals surface area contributed by atoms with Crippen LogP contribution in [0.25, 0.3) is 0 Å². The van der Waals surface area contributed by atoms with Gasteiger partial charge in [0, 0.05) is 31.4 Å². The monoisotopic (exact) mass is 222 g/mol. The molecule has 1 unspecified atom stereocenters.